The summed E-state index contributed by atoms with van der Waals surface area (Å²) in [6.07, 6.45) is 0.0580. The summed E-state index contributed by atoms with van der Waals surface area (Å²) in [5.74, 6) is 0.0344. The third kappa shape index (κ3) is 4.82. The van der Waals surface area contributed by atoms with Gasteiger partial charge in [0.1, 0.15) is 12.2 Å². The maximum atomic E-state index is 12.2. The van der Waals surface area contributed by atoms with E-state index in [9.17, 15) is 9.59 Å². The number of hydrogen-bond donors (Lipinski definition) is 1. The minimum atomic E-state index is -0.358. The van der Waals surface area contributed by atoms with E-state index in [-0.39, 0.29) is 23.5 Å². The number of para-hydroxylation sites is 1. The van der Waals surface area contributed by atoms with Crippen LogP contribution in [0.25, 0.3) is 0 Å². The summed E-state index contributed by atoms with van der Waals surface area (Å²) >= 11 is 1.28. The summed E-state index contributed by atoms with van der Waals surface area (Å²) in [7, 11) is 1.76. The molecule has 2 aromatic rings. The van der Waals surface area contributed by atoms with Gasteiger partial charge in [-0.15, -0.1) is 10.2 Å². The molecule has 1 amide bonds. The molecular formula is C16H20N4O3S. The van der Waals surface area contributed by atoms with E-state index in [4.69, 9.17) is 4.74 Å². The standard InChI is InChI=1S/C16H20N4O3S/c1-4-23-14(21)10-13-18-19-16(20(13)3)24-11(2)15(22)17-12-8-6-5-7-9-12/h5-9,11H,4,10H2,1-3H3,(H,17,22)/t11-/m0/s1. The molecule has 7 nitrogen and oxygen atoms in total. The normalized spacial score (nSPS) is 11.8. The number of carbonyl (C=O) groups excluding carboxylic acids is 2. The van der Waals surface area contributed by atoms with E-state index >= 15 is 0 Å². The Morgan fingerprint density at radius 1 is 1.29 bits per heavy atom. The lowest BCUT2D eigenvalue weighted by atomic mass is 10.3. The number of aromatic nitrogens is 3. The SMILES string of the molecule is CCOC(=O)Cc1nnc(S[C@@H](C)C(=O)Nc2ccccc2)n1C. The fraction of sp³-hybridized carbons (Fsp3) is 0.375. The second kappa shape index (κ2) is 8.49. The Morgan fingerprint density at radius 2 is 2.00 bits per heavy atom. The molecule has 0 aliphatic rings. The molecule has 128 valence electrons. The van der Waals surface area contributed by atoms with Crippen molar-refractivity contribution in [2.45, 2.75) is 30.7 Å². The van der Waals surface area contributed by atoms with E-state index in [1.807, 2.05) is 30.3 Å². The van der Waals surface area contributed by atoms with E-state index in [0.29, 0.717) is 17.6 Å². The maximum absolute atomic E-state index is 12.2. The molecule has 0 bridgehead atoms. The van der Waals surface area contributed by atoms with Crippen LogP contribution in [0.5, 0.6) is 0 Å². The zero-order chi connectivity index (χ0) is 17.5. The number of amides is 1. The molecule has 2 rings (SSSR count). The summed E-state index contributed by atoms with van der Waals surface area (Å²) in [6.45, 7) is 3.88. The molecule has 0 saturated carbocycles. The van der Waals surface area contributed by atoms with E-state index in [0.717, 1.165) is 5.69 Å². The zero-order valence-corrected chi connectivity index (χ0v) is 14.7. The van der Waals surface area contributed by atoms with E-state index in [2.05, 4.69) is 15.5 Å². The summed E-state index contributed by atoms with van der Waals surface area (Å²) in [5.41, 5.74) is 0.746. The minimum Gasteiger partial charge on any atom is -0.466 e. The summed E-state index contributed by atoms with van der Waals surface area (Å²) < 4.78 is 6.61. The molecule has 0 spiro atoms. The second-order valence-corrected chi connectivity index (χ2v) is 6.36. The Labute approximate surface area is 144 Å². The summed E-state index contributed by atoms with van der Waals surface area (Å²) in [6, 6.07) is 9.26. The van der Waals surface area contributed by atoms with Gasteiger partial charge in [0.2, 0.25) is 5.91 Å². The van der Waals surface area contributed by atoms with Crippen LogP contribution in [0.2, 0.25) is 0 Å². The smallest absolute Gasteiger partial charge is 0.313 e. The summed E-state index contributed by atoms with van der Waals surface area (Å²) in [5, 5.41) is 11.1. The monoisotopic (exact) mass is 348 g/mol. The molecule has 1 N–H and O–H groups in total. The molecule has 0 saturated heterocycles. The van der Waals surface area contributed by atoms with Gasteiger partial charge in [-0.05, 0) is 26.0 Å². The van der Waals surface area contributed by atoms with Gasteiger partial charge in [-0.2, -0.15) is 0 Å². The van der Waals surface area contributed by atoms with Crippen molar-refractivity contribution in [1.82, 2.24) is 14.8 Å². The third-order valence-electron chi connectivity index (χ3n) is 3.23. The van der Waals surface area contributed by atoms with Gasteiger partial charge in [-0.3, -0.25) is 9.59 Å². The molecule has 0 fully saturated rings. The lowest BCUT2D eigenvalue weighted by Gasteiger charge is -2.11. The lowest BCUT2D eigenvalue weighted by Crippen LogP contribution is -2.22. The Hall–Kier alpha value is -2.35. The van der Waals surface area contributed by atoms with Gasteiger partial charge < -0.3 is 14.6 Å². The van der Waals surface area contributed by atoms with Crippen molar-refractivity contribution < 1.29 is 14.3 Å². The van der Waals surface area contributed by atoms with Gasteiger partial charge in [-0.1, -0.05) is 30.0 Å². The lowest BCUT2D eigenvalue weighted by molar-refractivity contribution is -0.142. The average Bonchev–Trinajstić information content (AvgIpc) is 2.89. The third-order valence-corrected chi connectivity index (χ3v) is 4.36. The van der Waals surface area contributed by atoms with Crippen LogP contribution in [0.15, 0.2) is 35.5 Å². The Bertz CT molecular complexity index is 703. The topological polar surface area (TPSA) is 86.1 Å². The minimum absolute atomic E-state index is 0.0580. The molecule has 0 radical (unpaired) electrons. The van der Waals surface area contributed by atoms with Gasteiger partial charge in [0.05, 0.1) is 11.9 Å². The number of esters is 1. The number of nitrogens with zero attached hydrogens (tertiary/aromatic N) is 3. The van der Waals surface area contributed by atoms with Crippen LogP contribution in [0, 0.1) is 0 Å². The van der Waals surface area contributed by atoms with Gasteiger partial charge in [0.15, 0.2) is 5.16 Å². The number of benzene rings is 1. The first kappa shape index (κ1) is 18.0. The van der Waals surface area contributed by atoms with E-state index in [1.54, 1.807) is 25.5 Å². The number of nitrogens with one attached hydrogen (secondary N) is 1. The van der Waals surface area contributed by atoms with Gasteiger partial charge >= 0.3 is 5.97 Å². The van der Waals surface area contributed by atoms with Crippen LogP contribution in [0.1, 0.15) is 19.7 Å². The van der Waals surface area contributed by atoms with E-state index < -0.39 is 0 Å². The Morgan fingerprint density at radius 3 is 2.67 bits per heavy atom. The van der Waals surface area contributed by atoms with Gasteiger partial charge in [-0.25, -0.2) is 0 Å². The predicted molar refractivity (Wildman–Crippen MR) is 91.7 cm³/mol. The van der Waals surface area contributed by atoms with Crippen molar-refractivity contribution in [2.24, 2.45) is 7.05 Å². The molecule has 0 unspecified atom stereocenters. The number of ether oxygens (including phenoxy) is 1. The molecule has 1 aromatic carbocycles. The van der Waals surface area contributed by atoms with Gasteiger partial charge in [0.25, 0.3) is 0 Å². The molecule has 1 atom stereocenters. The highest BCUT2D eigenvalue weighted by Gasteiger charge is 2.20. The average molecular weight is 348 g/mol. The highest BCUT2D eigenvalue weighted by molar-refractivity contribution is 8.00. The highest BCUT2D eigenvalue weighted by atomic mass is 32.2. The fourth-order valence-corrected chi connectivity index (χ4v) is 2.75. The molecule has 24 heavy (non-hydrogen) atoms. The fourth-order valence-electron chi connectivity index (χ4n) is 1.92. The molecule has 1 heterocycles. The van der Waals surface area contributed by atoms with Crippen molar-refractivity contribution in [3.8, 4) is 0 Å². The van der Waals surface area contributed by atoms with E-state index in [1.165, 1.54) is 11.8 Å². The first-order chi connectivity index (χ1) is 11.5. The number of thioether (sulfide) groups is 1. The summed E-state index contributed by atoms with van der Waals surface area (Å²) in [4.78, 5) is 23.8. The van der Waals surface area contributed by atoms with Crippen molar-refractivity contribution in [3.05, 3.63) is 36.2 Å². The van der Waals surface area contributed by atoms with Crippen LogP contribution in [-0.2, 0) is 27.8 Å². The van der Waals surface area contributed by atoms with Crippen LogP contribution in [0.3, 0.4) is 0 Å². The van der Waals surface area contributed by atoms with Crippen molar-refractivity contribution in [1.29, 1.82) is 0 Å². The number of anilines is 1. The Kier molecular flexibility index (Phi) is 6.36. The largest absolute Gasteiger partial charge is 0.466 e. The number of carbonyl (C=O) groups is 2. The first-order valence-corrected chi connectivity index (χ1v) is 8.45. The molecular weight excluding hydrogens is 328 g/mol. The highest BCUT2D eigenvalue weighted by Crippen LogP contribution is 2.22. The van der Waals surface area contributed by atoms with Crippen molar-refractivity contribution in [2.75, 3.05) is 11.9 Å². The van der Waals surface area contributed by atoms with Crippen LogP contribution in [-0.4, -0.2) is 38.5 Å². The quantitative estimate of drug-likeness (QED) is 0.609. The zero-order valence-electron chi connectivity index (χ0n) is 13.9. The van der Waals surface area contributed by atoms with Crippen molar-refractivity contribution >= 4 is 29.3 Å². The second-order valence-electron chi connectivity index (χ2n) is 5.05. The van der Waals surface area contributed by atoms with Crippen LogP contribution >= 0.6 is 11.8 Å². The first-order valence-electron chi connectivity index (χ1n) is 7.57. The molecule has 0 aliphatic heterocycles. The molecule has 0 aliphatic carbocycles. The van der Waals surface area contributed by atoms with Gasteiger partial charge in [0, 0.05) is 12.7 Å². The maximum Gasteiger partial charge on any atom is 0.313 e. The number of hydrogen-bond acceptors (Lipinski definition) is 6. The number of rotatable bonds is 7. The van der Waals surface area contributed by atoms with Crippen molar-refractivity contribution in [3.63, 3.8) is 0 Å². The predicted octanol–water partition coefficient (Wildman–Crippen LogP) is 2.04. The molecule has 8 heteroatoms. The Balaban J connectivity index is 1.96. The molecule has 1 aromatic heterocycles. The van der Waals surface area contributed by atoms with Crippen LogP contribution < -0.4 is 5.32 Å². The van der Waals surface area contributed by atoms with Crippen LogP contribution in [0.4, 0.5) is 5.69 Å².